The molecule has 0 fully saturated rings. The van der Waals surface area contributed by atoms with Crippen molar-refractivity contribution in [3.8, 4) is 0 Å². The summed E-state index contributed by atoms with van der Waals surface area (Å²) < 4.78 is 28.7. The SMILES string of the molecule is Cc1c(C(=O)OCCC(C)(C)C)cc(Br)cc1S(N)(=O)=O. The van der Waals surface area contributed by atoms with E-state index in [9.17, 15) is 13.2 Å². The standard InChI is InChI=1S/C14H20BrNO4S/c1-9-11(13(17)20-6-5-14(2,3)4)7-10(15)8-12(9)21(16,18)19/h7-8H,5-6H2,1-4H3,(H2,16,18,19). The van der Waals surface area contributed by atoms with Crippen molar-refractivity contribution < 1.29 is 17.9 Å². The second-order valence-electron chi connectivity index (χ2n) is 6.07. The predicted octanol–water partition coefficient (Wildman–Crippen LogP) is 3.00. The van der Waals surface area contributed by atoms with Gasteiger partial charge in [-0.3, -0.25) is 0 Å². The molecule has 0 saturated heterocycles. The maximum absolute atomic E-state index is 12.1. The van der Waals surface area contributed by atoms with E-state index in [4.69, 9.17) is 9.88 Å². The Labute approximate surface area is 134 Å². The summed E-state index contributed by atoms with van der Waals surface area (Å²) in [6.07, 6.45) is 0.716. The maximum Gasteiger partial charge on any atom is 0.338 e. The molecule has 21 heavy (non-hydrogen) atoms. The normalized spacial score (nSPS) is 12.3. The van der Waals surface area contributed by atoms with E-state index in [2.05, 4.69) is 15.9 Å². The average Bonchev–Trinajstić information content (AvgIpc) is 2.28. The van der Waals surface area contributed by atoms with Gasteiger partial charge in [0.05, 0.1) is 17.1 Å². The number of carbonyl (C=O) groups is 1. The number of hydrogen-bond donors (Lipinski definition) is 1. The van der Waals surface area contributed by atoms with Gasteiger partial charge < -0.3 is 4.74 Å². The zero-order valence-electron chi connectivity index (χ0n) is 12.6. The molecule has 0 atom stereocenters. The van der Waals surface area contributed by atoms with E-state index < -0.39 is 16.0 Å². The highest BCUT2D eigenvalue weighted by molar-refractivity contribution is 9.10. The lowest BCUT2D eigenvalue weighted by molar-refractivity contribution is 0.0463. The summed E-state index contributed by atoms with van der Waals surface area (Å²) in [6.45, 7) is 7.95. The summed E-state index contributed by atoms with van der Waals surface area (Å²) >= 11 is 3.18. The number of sulfonamides is 1. The van der Waals surface area contributed by atoms with Crippen molar-refractivity contribution in [1.82, 2.24) is 0 Å². The van der Waals surface area contributed by atoms with Crippen molar-refractivity contribution in [3.05, 3.63) is 27.7 Å². The molecule has 0 radical (unpaired) electrons. The fourth-order valence-electron chi connectivity index (χ4n) is 1.69. The minimum absolute atomic E-state index is 0.0539. The van der Waals surface area contributed by atoms with Gasteiger partial charge in [-0.05, 0) is 36.5 Å². The highest BCUT2D eigenvalue weighted by Crippen LogP contribution is 2.25. The zero-order valence-corrected chi connectivity index (χ0v) is 15.0. The van der Waals surface area contributed by atoms with Crippen molar-refractivity contribution in [2.24, 2.45) is 10.6 Å². The summed E-state index contributed by atoms with van der Waals surface area (Å²) in [4.78, 5) is 12.0. The molecule has 0 heterocycles. The molecule has 1 aromatic carbocycles. The van der Waals surface area contributed by atoms with Gasteiger partial charge in [0.15, 0.2) is 0 Å². The van der Waals surface area contributed by atoms with Gasteiger partial charge in [0.2, 0.25) is 10.0 Å². The lowest BCUT2D eigenvalue weighted by atomic mass is 9.93. The van der Waals surface area contributed by atoms with Crippen LogP contribution in [0.5, 0.6) is 0 Å². The van der Waals surface area contributed by atoms with Gasteiger partial charge >= 0.3 is 5.97 Å². The maximum atomic E-state index is 12.1. The Morgan fingerprint density at radius 2 is 1.90 bits per heavy atom. The molecular formula is C14H20BrNO4S. The van der Waals surface area contributed by atoms with Crippen LogP contribution in [0.2, 0.25) is 0 Å². The van der Waals surface area contributed by atoms with Crippen LogP contribution in [0.1, 0.15) is 43.1 Å². The number of halogens is 1. The number of hydrogen-bond acceptors (Lipinski definition) is 4. The van der Waals surface area contributed by atoms with Crippen LogP contribution < -0.4 is 5.14 Å². The Morgan fingerprint density at radius 3 is 2.38 bits per heavy atom. The number of nitrogens with two attached hydrogens (primary N) is 1. The lowest BCUT2D eigenvalue weighted by Gasteiger charge is -2.18. The first-order chi connectivity index (χ1) is 9.42. The minimum atomic E-state index is -3.89. The molecule has 118 valence electrons. The molecule has 1 aromatic rings. The van der Waals surface area contributed by atoms with Crippen molar-refractivity contribution >= 4 is 31.9 Å². The Morgan fingerprint density at radius 1 is 1.33 bits per heavy atom. The quantitative estimate of drug-likeness (QED) is 0.816. The van der Waals surface area contributed by atoms with E-state index in [1.165, 1.54) is 19.1 Å². The van der Waals surface area contributed by atoms with Gasteiger partial charge in [-0.2, -0.15) is 0 Å². The molecule has 0 aliphatic rings. The topological polar surface area (TPSA) is 86.5 Å². The molecule has 7 heteroatoms. The molecule has 0 aliphatic carbocycles. The molecule has 2 N–H and O–H groups in total. The molecule has 0 aromatic heterocycles. The zero-order chi connectivity index (χ0) is 16.4. The molecule has 0 bridgehead atoms. The van der Waals surface area contributed by atoms with Gasteiger partial charge in [-0.1, -0.05) is 36.7 Å². The molecule has 5 nitrogen and oxygen atoms in total. The van der Waals surface area contributed by atoms with Crippen molar-refractivity contribution in [1.29, 1.82) is 0 Å². The molecule has 0 spiro atoms. The van der Waals surface area contributed by atoms with Crippen LogP contribution >= 0.6 is 15.9 Å². The third-order valence-electron chi connectivity index (χ3n) is 2.94. The number of rotatable bonds is 4. The third-order valence-corrected chi connectivity index (χ3v) is 4.43. The van der Waals surface area contributed by atoms with Gasteiger partial charge in [0.25, 0.3) is 0 Å². The Kier molecular flexibility index (Phi) is 5.57. The van der Waals surface area contributed by atoms with Crippen LogP contribution in [0.4, 0.5) is 0 Å². The van der Waals surface area contributed by atoms with Crippen LogP contribution in [-0.4, -0.2) is 21.0 Å². The van der Waals surface area contributed by atoms with Gasteiger partial charge in [-0.25, -0.2) is 18.4 Å². The largest absolute Gasteiger partial charge is 0.462 e. The Bertz CT molecular complexity index is 648. The molecule has 0 unspecified atom stereocenters. The number of ether oxygens (including phenoxy) is 1. The van der Waals surface area contributed by atoms with Gasteiger partial charge in [0, 0.05) is 4.47 Å². The second kappa shape index (κ2) is 6.46. The lowest BCUT2D eigenvalue weighted by Crippen LogP contribution is -2.18. The predicted molar refractivity (Wildman–Crippen MR) is 84.6 cm³/mol. The van der Waals surface area contributed by atoms with Crippen molar-refractivity contribution in [2.45, 2.75) is 39.0 Å². The van der Waals surface area contributed by atoms with Crippen LogP contribution in [0.3, 0.4) is 0 Å². The van der Waals surface area contributed by atoms with E-state index in [-0.39, 0.29) is 22.5 Å². The smallest absolute Gasteiger partial charge is 0.338 e. The van der Waals surface area contributed by atoms with Crippen LogP contribution in [0, 0.1) is 12.3 Å². The molecule has 0 amide bonds. The third kappa shape index (κ3) is 5.41. The number of benzene rings is 1. The second-order valence-corrected chi connectivity index (χ2v) is 8.51. The number of carbonyl (C=O) groups excluding carboxylic acids is 1. The van der Waals surface area contributed by atoms with E-state index in [1.807, 2.05) is 20.8 Å². The first-order valence-electron chi connectivity index (χ1n) is 6.42. The summed E-state index contributed by atoms with van der Waals surface area (Å²) in [5.41, 5.74) is 0.544. The number of esters is 1. The number of primary sulfonamides is 1. The monoisotopic (exact) mass is 377 g/mol. The average molecular weight is 378 g/mol. The summed E-state index contributed by atoms with van der Waals surface area (Å²) in [6, 6.07) is 2.90. The Balaban J connectivity index is 3.03. The minimum Gasteiger partial charge on any atom is -0.462 e. The molecular weight excluding hydrogens is 358 g/mol. The first-order valence-corrected chi connectivity index (χ1v) is 8.76. The van der Waals surface area contributed by atoms with E-state index in [0.29, 0.717) is 16.5 Å². The molecule has 0 saturated carbocycles. The van der Waals surface area contributed by atoms with Gasteiger partial charge in [-0.15, -0.1) is 0 Å². The summed E-state index contributed by atoms with van der Waals surface area (Å²) in [5.74, 6) is -0.553. The summed E-state index contributed by atoms with van der Waals surface area (Å²) in [5, 5.41) is 5.15. The first kappa shape index (κ1) is 18.1. The highest BCUT2D eigenvalue weighted by Gasteiger charge is 2.21. The Hall–Kier alpha value is -0.920. The van der Waals surface area contributed by atoms with Crippen molar-refractivity contribution in [3.63, 3.8) is 0 Å². The van der Waals surface area contributed by atoms with E-state index in [1.54, 1.807) is 0 Å². The molecule has 1 rings (SSSR count). The molecule has 0 aliphatic heterocycles. The highest BCUT2D eigenvalue weighted by atomic mass is 79.9. The van der Waals surface area contributed by atoms with Crippen LogP contribution in [-0.2, 0) is 14.8 Å². The van der Waals surface area contributed by atoms with E-state index in [0.717, 1.165) is 0 Å². The fraction of sp³-hybridized carbons (Fsp3) is 0.500. The van der Waals surface area contributed by atoms with Gasteiger partial charge in [0.1, 0.15) is 0 Å². The van der Waals surface area contributed by atoms with Crippen LogP contribution in [0.25, 0.3) is 0 Å². The van der Waals surface area contributed by atoms with E-state index >= 15 is 0 Å². The fourth-order valence-corrected chi connectivity index (χ4v) is 3.13. The van der Waals surface area contributed by atoms with Crippen molar-refractivity contribution in [2.75, 3.05) is 6.61 Å². The summed E-state index contributed by atoms with van der Waals surface area (Å²) in [7, 11) is -3.89. The van der Waals surface area contributed by atoms with Crippen LogP contribution in [0.15, 0.2) is 21.5 Å².